The molecule has 7 nitrogen and oxygen atoms in total. The summed E-state index contributed by atoms with van der Waals surface area (Å²) in [6.07, 6.45) is 5.92. The molecule has 0 aromatic heterocycles. The Labute approximate surface area is 200 Å². The third-order valence-electron chi connectivity index (χ3n) is 6.40. The second-order valence-corrected chi connectivity index (χ2v) is 8.29. The Morgan fingerprint density at radius 3 is 2.45 bits per heavy atom. The molecule has 1 heterocycles. The van der Waals surface area contributed by atoms with Gasteiger partial charge >= 0.3 is 0 Å². The Kier molecular flexibility index (Phi) is 8.10. The molecule has 1 aromatic rings. The van der Waals surface area contributed by atoms with Gasteiger partial charge in [0.2, 0.25) is 11.8 Å². The fraction of sp³-hybridized carbons (Fsp3) is 0.522. The van der Waals surface area contributed by atoms with Crippen molar-refractivity contribution in [2.75, 3.05) is 27.2 Å². The SMILES string of the molecule is CN=C(NCCCN1C(=O)C2C3C=CC(C3)C2C1=O)NCc1cccc(COC)c1.I. The van der Waals surface area contributed by atoms with Crippen LogP contribution in [-0.2, 0) is 27.5 Å². The number of halogens is 1. The van der Waals surface area contributed by atoms with Crippen LogP contribution in [0.3, 0.4) is 0 Å². The van der Waals surface area contributed by atoms with Crippen molar-refractivity contribution in [3.63, 3.8) is 0 Å². The van der Waals surface area contributed by atoms with E-state index in [1.807, 2.05) is 12.1 Å². The molecule has 3 aliphatic rings. The fourth-order valence-electron chi connectivity index (χ4n) is 5.03. The molecule has 4 unspecified atom stereocenters. The summed E-state index contributed by atoms with van der Waals surface area (Å²) in [5.41, 5.74) is 2.28. The third-order valence-corrected chi connectivity index (χ3v) is 6.40. The average molecular weight is 538 g/mol. The van der Waals surface area contributed by atoms with Crippen molar-refractivity contribution in [3.05, 3.63) is 47.5 Å². The number of benzene rings is 1. The maximum Gasteiger partial charge on any atom is 0.233 e. The van der Waals surface area contributed by atoms with Gasteiger partial charge in [0.15, 0.2) is 5.96 Å². The summed E-state index contributed by atoms with van der Waals surface area (Å²) in [5, 5.41) is 6.56. The van der Waals surface area contributed by atoms with E-state index in [0.29, 0.717) is 38.6 Å². The number of likely N-dealkylation sites (tertiary alicyclic amines) is 1. The van der Waals surface area contributed by atoms with E-state index < -0.39 is 0 Å². The van der Waals surface area contributed by atoms with Crippen molar-refractivity contribution in [2.45, 2.75) is 26.0 Å². The standard InChI is InChI=1S/C23H30N4O3.HI/c1-24-23(26-13-15-5-3-6-16(11-15)14-30-2)25-9-4-10-27-21(28)19-17-7-8-18(12-17)20(19)22(27)29;/h3,5-8,11,17-20H,4,9-10,12-14H2,1-2H3,(H2,24,25,26);1H. The first-order valence-electron chi connectivity index (χ1n) is 10.7. The molecule has 4 atom stereocenters. The predicted octanol–water partition coefficient (Wildman–Crippen LogP) is 2.31. The molecule has 1 saturated carbocycles. The quantitative estimate of drug-likeness (QED) is 0.133. The number of hydrogen-bond donors (Lipinski definition) is 2. The Morgan fingerprint density at radius 1 is 1.13 bits per heavy atom. The second-order valence-electron chi connectivity index (χ2n) is 8.29. The molecule has 2 bridgehead atoms. The molecule has 4 rings (SSSR count). The number of hydrogen-bond acceptors (Lipinski definition) is 4. The highest BCUT2D eigenvalue weighted by Crippen LogP contribution is 2.52. The number of nitrogens with zero attached hydrogens (tertiary/aromatic N) is 2. The summed E-state index contributed by atoms with van der Waals surface area (Å²) in [6.45, 7) is 2.35. The Bertz CT molecular complexity index is 842. The number of methoxy groups -OCH3 is 1. The van der Waals surface area contributed by atoms with Gasteiger partial charge in [0.25, 0.3) is 0 Å². The maximum atomic E-state index is 12.7. The highest BCUT2D eigenvalue weighted by atomic mass is 127. The lowest BCUT2D eigenvalue weighted by atomic mass is 9.85. The van der Waals surface area contributed by atoms with E-state index >= 15 is 0 Å². The number of ether oxygens (including phenoxy) is 1. The molecule has 168 valence electrons. The van der Waals surface area contributed by atoms with E-state index in [4.69, 9.17) is 4.74 Å². The topological polar surface area (TPSA) is 83.0 Å². The van der Waals surface area contributed by atoms with Crippen molar-refractivity contribution >= 4 is 41.8 Å². The number of nitrogens with one attached hydrogen (secondary N) is 2. The molecule has 31 heavy (non-hydrogen) atoms. The molecule has 1 aliphatic heterocycles. The number of carbonyl (C=O) groups excluding carboxylic acids is 2. The van der Waals surface area contributed by atoms with Crippen LogP contribution in [0.5, 0.6) is 0 Å². The molecule has 2 fully saturated rings. The minimum absolute atomic E-state index is 0. The van der Waals surface area contributed by atoms with Crippen molar-refractivity contribution in [2.24, 2.45) is 28.7 Å². The molecule has 2 N–H and O–H groups in total. The van der Waals surface area contributed by atoms with E-state index in [2.05, 4.69) is 39.9 Å². The van der Waals surface area contributed by atoms with Crippen LogP contribution < -0.4 is 10.6 Å². The largest absolute Gasteiger partial charge is 0.380 e. The molecule has 2 amide bonds. The lowest BCUT2D eigenvalue weighted by Gasteiger charge is -2.18. The Balaban J connectivity index is 0.00000272. The zero-order valence-electron chi connectivity index (χ0n) is 18.0. The molecule has 0 spiro atoms. The highest BCUT2D eigenvalue weighted by Gasteiger charge is 2.58. The fourth-order valence-corrected chi connectivity index (χ4v) is 5.03. The van der Waals surface area contributed by atoms with Crippen LogP contribution in [0, 0.1) is 23.7 Å². The van der Waals surface area contributed by atoms with E-state index in [1.54, 1.807) is 14.2 Å². The van der Waals surface area contributed by atoms with Crippen LogP contribution in [0.15, 0.2) is 41.4 Å². The summed E-state index contributed by atoms with van der Waals surface area (Å²) < 4.78 is 5.18. The zero-order valence-corrected chi connectivity index (χ0v) is 20.4. The van der Waals surface area contributed by atoms with E-state index in [-0.39, 0.29) is 59.5 Å². The van der Waals surface area contributed by atoms with Crippen LogP contribution in [0.4, 0.5) is 0 Å². The van der Waals surface area contributed by atoms with Gasteiger partial charge in [-0.3, -0.25) is 19.5 Å². The number of amides is 2. The zero-order chi connectivity index (χ0) is 21.1. The molecular formula is C23H31IN4O3. The number of allylic oxidation sites excluding steroid dienone is 2. The first kappa shape index (κ1) is 23.7. The van der Waals surface area contributed by atoms with Gasteiger partial charge in [-0.05, 0) is 35.8 Å². The monoisotopic (exact) mass is 538 g/mol. The number of rotatable bonds is 8. The number of carbonyl (C=O) groups is 2. The van der Waals surface area contributed by atoms with E-state index in [0.717, 1.165) is 17.5 Å². The summed E-state index contributed by atoms with van der Waals surface area (Å²) in [4.78, 5) is 31.2. The summed E-state index contributed by atoms with van der Waals surface area (Å²) in [5.74, 6) is 1.08. The third kappa shape index (κ3) is 4.95. The lowest BCUT2D eigenvalue weighted by molar-refractivity contribution is -0.140. The highest BCUT2D eigenvalue weighted by molar-refractivity contribution is 14.0. The number of guanidine groups is 1. The van der Waals surface area contributed by atoms with Crippen molar-refractivity contribution in [1.29, 1.82) is 0 Å². The van der Waals surface area contributed by atoms with Crippen LogP contribution in [-0.4, -0.2) is 49.9 Å². The van der Waals surface area contributed by atoms with Crippen LogP contribution in [0.1, 0.15) is 24.0 Å². The summed E-state index contributed by atoms with van der Waals surface area (Å²) in [6, 6.07) is 8.22. The van der Waals surface area contributed by atoms with Crippen molar-refractivity contribution < 1.29 is 14.3 Å². The van der Waals surface area contributed by atoms with Crippen LogP contribution >= 0.6 is 24.0 Å². The van der Waals surface area contributed by atoms with E-state index in [9.17, 15) is 9.59 Å². The van der Waals surface area contributed by atoms with Gasteiger partial charge in [0, 0.05) is 33.8 Å². The van der Waals surface area contributed by atoms with Gasteiger partial charge in [0.1, 0.15) is 0 Å². The predicted molar refractivity (Wildman–Crippen MR) is 130 cm³/mol. The number of aliphatic imine (C=N–C) groups is 1. The molecular weight excluding hydrogens is 507 g/mol. The molecule has 1 saturated heterocycles. The van der Waals surface area contributed by atoms with Crippen molar-refractivity contribution in [1.82, 2.24) is 15.5 Å². The Hall–Kier alpha value is -1.94. The minimum Gasteiger partial charge on any atom is -0.380 e. The first-order chi connectivity index (χ1) is 14.6. The average Bonchev–Trinajstić information content (AvgIpc) is 3.43. The van der Waals surface area contributed by atoms with Gasteiger partial charge in [-0.2, -0.15) is 0 Å². The minimum atomic E-state index is -0.108. The molecule has 2 aliphatic carbocycles. The van der Waals surface area contributed by atoms with Gasteiger partial charge in [-0.1, -0.05) is 36.4 Å². The number of imide groups is 1. The van der Waals surface area contributed by atoms with Crippen LogP contribution in [0.25, 0.3) is 0 Å². The molecule has 1 aromatic carbocycles. The lowest BCUT2D eigenvalue weighted by Crippen LogP contribution is -2.39. The maximum absolute atomic E-state index is 12.7. The van der Waals surface area contributed by atoms with Crippen molar-refractivity contribution in [3.8, 4) is 0 Å². The Morgan fingerprint density at radius 2 is 1.81 bits per heavy atom. The number of fused-ring (bicyclic) bond motifs is 5. The molecule has 0 radical (unpaired) electrons. The summed E-state index contributed by atoms with van der Waals surface area (Å²) in [7, 11) is 3.42. The van der Waals surface area contributed by atoms with Gasteiger partial charge in [-0.15, -0.1) is 24.0 Å². The first-order valence-corrected chi connectivity index (χ1v) is 10.7. The van der Waals surface area contributed by atoms with Gasteiger partial charge in [-0.25, -0.2) is 0 Å². The summed E-state index contributed by atoms with van der Waals surface area (Å²) >= 11 is 0. The van der Waals surface area contributed by atoms with E-state index in [1.165, 1.54) is 4.90 Å². The van der Waals surface area contributed by atoms with Gasteiger partial charge in [0.05, 0.1) is 18.4 Å². The molecule has 8 heteroatoms. The normalized spacial score (nSPS) is 26.3. The van der Waals surface area contributed by atoms with Gasteiger partial charge < -0.3 is 15.4 Å². The second kappa shape index (κ2) is 10.6. The van der Waals surface area contributed by atoms with Crippen LogP contribution in [0.2, 0.25) is 0 Å². The smallest absolute Gasteiger partial charge is 0.233 e.